The Kier molecular flexibility index (Phi) is 3.97. The molecule has 0 fully saturated rings. The molecule has 108 valence electrons. The average molecular weight is 335 g/mol. The fraction of sp³-hybridized carbons (Fsp3) is 0.214. The zero-order chi connectivity index (χ0) is 15.0. The van der Waals surface area contributed by atoms with Crippen molar-refractivity contribution in [3.63, 3.8) is 0 Å². The van der Waals surface area contributed by atoms with Crippen molar-refractivity contribution in [3.05, 3.63) is 33.8 Å². The largest absolute Gasteiger partial charge is 0.321 e. The van der Waals surface area contributed by atoms with Crippen LogP contribution < -0.4 is 5.32 Å². The maximum atomic E-state index is 12.3. The van der Waals surface area contributed by atoms with Crippen molar-refractivity contribution in [2.75, 3.05) is 11.6 Å². The number of amides is 1. The summed E-state index contributed by atoms with van der Waals surface area (Å²) in [7, 11) is 0. The Morgan fingerprint density at radius 2 is 2.05 bits per heavy atom. The summed E-state index contributed by atoms with van der Waals surface area (Å²) in [6, 6.07) is 5.78. The molecule has 0 aliphatic rings. The molecular weight excluding hydrogens is 322 g/mol. The number of nitrogens with one attached hydrogen (secondary N) is 1. The predicted octanol–water partition coefficient (Wildman–Crippen LogP) is 4.34. The molecule has 0 saturated carbocycles. The van der Waals surface area contributed by atoms with Gasteiger partial charge in [-0.25, -0.2) is 9.97 Å². The van der Waals surface area contributed by atoms with Crippen molar-refractivity contribution in [1.82, 2.24) is 9.97 Å². The molecule has 3 rings (SSSR count). The highest BCUT2D eigenvalue weighted by atomic mass is 32.2. The van der Waals surface area contributed by atoms with E-state index in [4.69, 9.17) is 0 Å². The number of thioether (sulfide) groups is 1. The Morgan fingerprint density at radius 1 is 1.24 bits per heavy atom. The minimum atomic E-state index is -0.105. The van der Waals surface area contributed by atoms with Gasteiger partial charge in [-0.1, -0.05) is 11.8 Å². The molecule has 1 amide bonds. The van der Waals surface area contributed by atoms with Gasteiger partial charge in [-0.3, -0.25) is 4.79 Å². The van der Waals surface area contributed by atoms with Gasteiger partial charge in [-0.05, 0) is 38.3 Å². The number of fused-ring (bicyclic) bond motifs is 1. The molecule has 0 bridgehead atoms. The number of carbonyl (C=O) groups is 1. The van der Waals surface area contributed by atoms with Crippen molar-refractivity contribution in [2.45, 2.75) is 18.2 Å². The van der Waals surface area contributed by atoms with Gasteiger partial charge in [0.2, 0.25) is 0 Å². The van der Waals surface area contributed by atoms with Gasteiger partial charge >= 0.3 is 0 Å². The van der Waals surface area contributed by atoms with Crippen molar-refractivity contribution in [2.24, 2.45) is 0 Å². The Labute approximate surface area is 134 Å². The number of rotatable bonds is 3. The fourth-order valence-electron chi connectivity index (χ4n) is 2.00. The standard InChI is InChI=1S/C14H13N3OS3/c1-7-12(20-8(2)15-7)13(18)16-9-4-5-10-11(6-9)21-14(17-10)19-3/h4-6H,1-3H3,(H,16,18). The molecule has 3 aromatic rings. The van der Waals surface area contributed by atoms with Gasteiger partial charge in [0.1, 0.15) is 4.88 Å². The van der Waals surface area contributed by atoms with E-state index in [1.807, 2.05) is 38.3 Å². The molecule has 2 aromatic heterocycles. The number of benzene rings is 1. The lowest BCUT2D eigenvalue weighted by Crippen LogP contribution is -2.11. The van der Waals surface area contributed by atoms with E-state index in [1.54, 1.807) is 23.1 Å². The first kappa shape index (κ1) is 14.5. The van der Waals surface area contributed by atoms with Crippen molar-refractivity contribution in [3.8, 4) is 0 Å². The zero-order valence-corrected chi connectivity index (χ0v) is 14.2. The smallest absolute Gasteiger partial charge is 0.267 e. The SMILES string of the molecule is CSc1nc2ccc(NC(=O)c3sc(C)nc3C)cc2s1. The highest BCUT2D eigenvalue weighted by Crippen LogP contribution is 2.30. The lowest BCUT2D eigenvalue weighted by molar-refractivity contribution is 0.103. The summed E-state index contributed by atoms with van der Waals surface area (Å²) in [5.74, 6) is -0.105. The minimum absolute atomic E-state index is 0.105. The van der Waals surface area contributed by atoms with Gasteiger partial charge in [0.05, 0.1) is 20.9 Å². The van der Waals surface area contributed by atoms with Crippen LogP contribution in [0.1, 0.15) is 20.4 Å². The molecular formula is C14H13N3OS3. The van der Waals surface area contributed by atoms with Crippen molar-refractivity contribution in [1.29, 1.82) is 0 Å². The first-order valence-corrected chi connectivity index (χ1v) is 9.12. The zero-order valence-electron chi connectivity index (χ0n) is 11.8. The van der Waals surface area contributed by atoms with E-state index < -0.39 is 0 Å². The average Bonchev–Trinajstić information content (AvgIpc) is 3.00. The van der Waals surface area contributed by atoms with Crippen LogP contribution in [0, 0.1) is 13.8 Å². The van der Waals surface area contributed by atoms with Crippen molar-refractivity contribution >= 4 is 56.2 Å². The topological polar surface area (TPSA) is 54.9 Å². The highest BCUT2D eigenvalue weighted by Gasteiger charge is 2.14. The number of carbonyl (C=O) groups excluding carboxylic acids is 1. The first-order chi connectivity index (χ1) is 10.1. The highest BCUT2D eigenvalue weighted by molar-refractivity contribution is 8.00. The molecule has 2 heterocycles. The van der Waals surface area contributed by atoms with Crippen LogP contribution in [0.25, 0.3) is 10.2 Å². The van der Waals surface area contributed by atoms with E-state index in [0.717, 1.165) is 30.9 Å². The van der Waals surface area contributed by atoms with Crippen LogP contribution in [0.2, 0.25) is 0 Å². The number of anilines is 1. The molecule has 7 heteroatoms. The molecule has 0 radical (unpaired) electrons. The first-order valence-electron chi connectivity index (χ1n) is 6.27. The second-order valence-corrected chi connectivity index (χ2v) is 7.76. The maximum absolute atomic E-state index is 12.3. The van der Waals surface area contributed by atoms with Gasteiger partial charge in [0.15, 0.2) is 4.34 Å². The molecule has 0 atom stereocenters. The molecule has 0 spiro atoms. The molecule has 0 saturated heterocycles. The van der Waals surface area contributed by atoms with Gasteiger partial charge in [0.25, 0.3) is 5.91 Å². The Morgan fingerprint density at radius 3 is 2.71 bits per heavy atom. The normalized spacial score (nSPS) is 11.0. The minimum Gasteiger partial charge on any atom is -0.321 e. The van der Waals surface area contributed by atoms with Gasteiger partial charge in [0, 0.05) is 5.69 Å². The lowest BCUT2D eigenvalue weighted by Gasteiger charge is -2.03. The molecule has 1 N–H and O–H groups in total. The quantitative estimate of drug-likeness (QED) is 0.723. The molecule has 4 nitrogen and oxygen atoms in total. The number of hydrogen-bond acceptors (Lipinski definition) is 6. The molecule has 1 aromatic carbocycles. The van der Waals surface area contributed by atoms with E-state index in [2.05, 4.69) is 15.3 Å². The molecule has 21 heavy (non-hydrogen) atoms. The van der Waals surface area contributed by atoms with Crippen LogP contribution >= 0.6 is 34.4 Å². The lowest BCUT2D eigenvalue weighted by atomic mass is 10.3. The maximum Gasteiger partial charge on any atom is 0.267 e. The van der Waals surface area contributed by atoms with Crippen molar-refractivity contribution < 1.29 is 4.79 Å². The third-order valence-corrected chi connectivity index (χ3v) is 5.99. The molecule has 0 unspecified atom stereocenters. The summed E-state index contributed by atoms with van der Waals surface area (Å²) in [5, 5.41) is 3.84. The number of nitrogens with zero attached hydrogens (tertiary/aromatic N) is 2. The summed E-state index contributed by atoms with van der Waals surface area (Å²) in [6.45, 7) is 3.76. The number of hydrogen-bond donors (Lipinski definition) is 1. The second kappa shape index (κ2) is 5.75. The third-order valence-electron chi connectivity index (χ3n) is 2.91. The molecule has 0 aliphatic carbocycles. The number of aryl methyl sites for hydroxylation is 2. The van der Waals surface area contributed by atoms with Gasteiger partial charge < -0.3 is 5.32 Å². The number of thiazole rings is 2. The summed E-state index contributed by atoms with van der Waals surface area (Å²) in [5.41, 5.74) is 2.53. The third kappa shape index (κ3) is 2.95. The fourth-order valence-corrected chi connectivity index (χ4v) is 4.34. The van der Waals surface area contributed by atoms with Crippen LogP contribution in [-0.4, -0.2) is 22.1 Å². The summed E-state index contributed by atoms with van der Waals surface area (Å²) in [4.78, 5) is 21.7. The van der Waals surface area contributed by atoms with Crippen LogP contribution in [0.4, 0.5) is 5.69 Å². The Bertz CT molecular complexity index is 822. The Balaban J connectivity index is 1.87. The van der Waals surface area contributed by atoms with Crippen LogP contribution in [0.3, 0.4) is 0 Å². The van der Waals surface area contributed by atoms with Crippen LogP contribution in [0.15, 0.2) is 22.5 Å². The van der Waals surface area contributed by atoms with Crippen LogP contribution in [0.5, 0.6) is 0 Å². The van der Waals surface area contributed by atoms with E-state index in [0.29, 0.717) is 4.88 Å². The van der Waals surface area contributed by atoms with E-state index in [1.165, 1.54) is 11.3 Å². The predicted molar refractivity (Wildman–Crippen MR) is 90.9 cm³/mol. The van der Waals surface area contributed by atoms with Crippen LogP contribution in [-0.2, 0) is 0 Å². The summed E-state index contributed by atoms with van der Waals surface area (Å²) < 4.78 is 2.11. The summed E-state index contributed by atoms with van der Waals surface area (Å²) in [6.07, 6.45) is 2.01. The van der Waals surface area contributed by atoms with E-state index in [9.17, 15) is 4.79 Å². The summed E-state index contributed by atoms with van der Waals surface area (Å²) >= 11 is 4.68. The second-order valence-electron chi connectivity index (χ2n) is 4.47. The van der Waals surface area contributed by atoms with Gasteiger partial charge in [-0.2, -0.15) is 0 Å². The van der Waals surface area contributed by atoms with E-state index >= 15 is 0 Å². The monoisotopic (exact) mass is 335 g/mol. The van der Waals surface area contributed by atoms with E-state index in [-0.39, 0.29) is 5.91 Å². The number of aromatic nitrogens is 2. The Hall–Kier alpha value is -1.44. The molecule has 0 aliphatic heterocycles. The van der Waals surface area contributed by atoms with Gasteiger partial charge in [-0.15, -0.1) is 22.7 Å².